The van der Waals surface area contributed by atoms with Gasteiger partial charge in [0.1, 0.15) is 11.1 Å². The van der Waals surface area contributed by atoms with E-state index in [1.165, 1.54) is 0 Å². The highest BCUT2D eigenvalue weighted by atomic mass is 16.5. The van der Waals surface area contributed by atoms with Gasteiger partial charge < -0.3 is 4.74 Å². The first kappa shape index (κ1) is 13.1. The minimum absolute atomic E-state index is 0.255. The molecule has 7 heteroatoms. The van der Waals surface area contributed by atoms with E-state index < -0.39 is 0 Å². The normalized spacial score (nSPS) is 11.1. The van der Waals surface area contributed by atoms with Gasteiger partial charge in [0, 0.05) is 5.56 Å². The molecule has 0 aliphatic rings. The van der Waals surface area contributed by atoms with Crippen LogP contribution in [0.4, 0.5) is 5.95 Å². The maximum atomic E-state index is 5.92. The van der Waals surface area contributed by atoms with Crippen LogP contribution in [0.5, 0.6) is 11.6 Å². The number of nitrogens with zero attached hydrogens (tertiary/aromatic N) is 3. The van der Waals surface area contributed by atoms with Crippen molar-refractivity contribution in [2.45, 2.75) is 6.92 Å². The fourth-order valence-corrected chi connectivity index (χ4v) is 1.95. The molecule has 106 valence electrons. The van der Waals surface area contributed by atoms with Gasteiger partial charge >= 0.3 is 0 Å². The number of fused-ring (bicyclic) bond motifs is 1. The third-order valence-corrected chi connectivity index (χ3v) is 2.88. The zero-order valence-corrected chi connectivity index (χ0v) is 11.4. The molecule has 0 bridgehead atoms. The molecule has 0 radical (unpaired) electrons. The fourth-order valence-electron chi connectivity index (χ4n) is 1.95. The van der Waals surface area contributed by atoms with Crippen LogP contribution in [-0.2, 0) is 0 Å². The smallest absolute Gasteiger partial charge is 0.242 e. The molecule has 0 amide bonds. The summed E-state index contributed by atoms with van der Waals surface area (Å²) < 4.78 is 5.92. The molecule has 2 aromatic heterocycles. The standard InChI is InChI=1S/C14H14N6O/c1-2-5-9-6-3-4-7-11(9)21-13-10-8-16-20-12(10)17-14(18-13)19-15/h2-8H,15H2,1H3,(H2,16,17,18,19,20)/b5-2+. The summed E-state index contributed by atoms with van der Waals surface area (Å²) >= 11 is 0. The predicted octanol–water partition coefficient (Wildman–Crippen LogP) is 2.46. The first-order valence-electron chi connectivity index (χ1n) is 6.39. The van der Waals surface area contributed by atoms with Gasteiger partial charge in [0.15, 0.2) is 5.65 Å². The number of benzene rings is 1. The third-order valence-electron chi connectivity index (χ3n) is 2.88. The van der Waals surface area contributed by atoms with Crippen molar-refractivity contribution in [3.8, 4) is 11.6 Å². The number of aromatic nitrogens is 4. The molecule has 3 aromatic rings. The number of H-pyrrole nitrogens is 1. The van der Waals surface area contributed by atoms with E-state index >= 15 is 0 Å². The zero-order valence-electron chi connectivity index (χ0n) is 11.4. The Morgan fingerprint density at radius 1 is 1.29 bits per heavy atom. The van der Waals surface area contributed by atoms with Gasteiger partial charge in [-0.15, -0.1) is 0 Å². The lowest BCUT2D eigenvalue weighted by molar-refractivity contribution is 0.468. The van der Waals surface area contributed by atoms with Gasteiger partial charge in [-0.05, 0) is 13.0 Å². The van der Waals surface area contributed by atoms with Crippen LogP contribution in [0.15, 0.2) is 36.5 Å². The van der Waals surface area contributed by atoms with E-state index in [0.717, 1.165) is 5.56 Å². The lowest BCUT2D eigenvalue weighted by Crippen LogP contribution is -2.11. The summed E-state index contributed by atoms with van der Waals surface area (Å²) in [5.41, 5.74) is 3.92. The number of nitrogens with one attached hydrogen (secondary N) is 2. The molecule has 0 unspecified atom stereocenters. The predicted molar refractivity (Wildman–Crippen MR) is 80.7 cm³/mol. The molecule has 0 saturated heterocycles. The van der Waals surface area contributed by atoms with Gasteiger partial charge in [-0.2, -0.15) is 15.1 Å². The molecule has 1 aromatic carbocycles. The van der Waals surface area contributed by atoms with Crippen molar-refractivity contribution in [3.63, 3.8) is 0 Å². The van der Waals surface area contributed by atoms with Crippen molar-refractivity contribution in [3.05, 3.63) is 42.1 Å². The number of hydrogen-bond acceptors (Lipinski definition) is 6. The van der Waals surface area contributed by atoms with E-state index in [1.54, 1.807) is 6.20 Å². The second-order valence-corrected chi connectivity index (χ2v) is 4.27. The summed E-state index contributed by atoms with van der Waals surface area (Å²) in [5.74, 6) is 6.71. The summed E-state index contributed by atoms with van der Waals surface area (Å²) in [4.78, 5) is 8.39. The third kappa shape index (κ3) is 2.54. The highest BCUT2D eigenvalue weighted by Crippen LogP contribution is 2.30. The van der Waals surface area contributed by atoms with Crippen molar-refractivity contribution in [2.75, 3.05) is 5.43 Å². The molecular weight excluding hydrogens is 268 g/mol. The highest BCUT2D eigenvalue weighted by molar-refractivity contribution is 5.81. The van der Waals surface area contributed by atoms with Gasteiger partial charge in [0.05, 0.1) is 6.20 Å². The first-order chi connectivity index (χ1) is 10.3. The molecule has 0 saturated carbocycles. The second kappa shape index (κ2) is 5.59. The van der Waals surface area contributed by atoms with Gasteiger partial charge in [0.25, 0.3) is 0 Å². The minimum atomic E-state index is 0.255. The van der Waals surface area contributed by atoms with Gasteiger partial charge in [-0.25, -0.2) is 5.84 Å². The Bertz CT molecular complexity index is 795. The largest absolute Gasteiger partial charge is 0.437 e. The Hall–Kier alpha value is -2.93. The number of allylic oxidation sites excluding steroid dienone is 1. The number of hydrogen-bond donors (Lipinski definition) is 3. The van der Waals surface area contributed by atoms with Gasteiger partial charge in [0.2, 0.25) is 11.8 Å². The Kier molecular flexibility index (Phi) is 3.48. The van der Waals surface area contributed by atoms with Gasteiger partial charge in [-0.1, -0.05) is 30.4 Å². The van der Waals surface area contributed by atoms with Crippen LogP contribution in [0.25, 0.3) is 17.1 Å². The molecule has 2 heterocycles. The van der Waals surface area contributed by atoms with Crippen LogP contribution in [0.1, 0.15) is 12.5 Å². The Morgan fingerprint density at radius 3 is 2.95 bits per heavy atom. The number of ether oxygens (including phenoxy) is 1. The number of nitrogens with two attached hydrogens (primary N) is 1. The van der Waals surface area contributed by atoms with Crippen LogP contribution in [0.3, 0.4) is 0 Å². The summed E-state index contributed by atoms with van der Waals surface area (Å²) in [5, 5.41) is 7.40. The van der Waals surface area contributed by atoms with Crippen molar-refractivity contribution in [1.82, 2.24) is 20.2 Å². The first-order valence-corrected chi connectivity index (χ1v) is 6.39. The number of nitrogen functional groups attached to an aromatic ring is 1. The van der Waals surface area contributed by atoms with E-state index in [1.807, 2.05) is 43.3 Å². The lowest BCUT2D eigenvalue weighted by Gasteiger charge is -2.09. The maximum absolute atomic E-state index is 5.92. The highest BCUT2D eigenvalue weighted by Gasteiger charge is 2.12. The number of anilines is 1. The average Bonchev–Trinajstić information content (AvgIpc) is 2.98. The Labute approximate surface area is 120 Å². The molecule has 21 heavy (non-hydrogen) atoms. The quantitative estimate of drug-likeness (QED) is 0.502. The van der Waals surface area contributed by atoms with Crippen LogP contribution >= 0.6 is 0 Å². The average molecular weight is 282 g/mol. The van der Waals surface area contributed by atoms with E-state index in [-0.39, 0.29) is 5.95 Å². The van der Waals surface area contributed by atoms with Crippen molar-refractivity contribution in [1.29, 1.82) is 0 Å². The molecule has 0 fully saturated rings. The summed E-state index contributed by atoms with van der Waals surface area (Å²) in [6, 6.07) is 7.69. The number of para-hydroxylation sites is 1. The molecular formula is C14H14N6O. The topological polar surface area (TPSA) is 102 Å². The molecule has 7 nitrogen and oxygen atoms in total. The Balaban J connectivity index is 2.07. The monoisotopic (exact) mass is 282 g/mol. The number of aromatic amines is 1. The summed E-state index contributed by atoms with van der Waals surface area (Å²) in [7, 11) is 0. The van der Waals surface area contributed by atoms with E-state index in [4.69, 9.17) is 10.6 Å². The van der Waals surface area contributed by atoms with E-state index in [0.29, 0.717) is 22.7 Å². The van der Waals surface area contributed by atoms with Crippen molar-refractivity contribution >= 4 is 23.1 Å². The summed E-state index contributed by atoms with van der Waals surface area (Å²) in [6.07, 6.45) is 5.52. The molecule has 4 N–H and O–H groups in total. The molecule has 0 aliphatic carbocycles. The number of hydrazine groups is 1. The summed E-state index contributed by atoms with van der Waals surface area (Å²) in [6.45, 7) is 1.95. The van der Waals surface area contributed by atoms with Crippen LogP contribution in [0.2, 0.25) is 0 Å². The van der Waals surface area contributed by atoms with E-state index in [2.05, 4.69) is 25.6 Å². The molecule has 0 aliphatic heterocycles. The SMILES string of the molecule is C/C=C/c1ccccc1Oc1nc(NN)nc2[nH]ncc12. The van der Waals surface area contributed by atoms with E-state index in [9.17, 15) is 0 Å². The van der Waals surface area contributed by atoms with Crippen molar-refractivity contribution in [2.24, 2.45) is 5.84 Å². The fraction of sp³-hybridized carbons (Fsp3) is 0.0714. The molecule has 0 spiro atoms. The maximum Gasteiger partial charge on any atom is 0.242 e. The van der Waals surface area contributed by atoms with Gasteiger partial charge in [-0.3, -0.25) is 10.5 Å². The lowest BCUT2D eigenvalue weighted by atomic mass is 10.2. The second-order valence-electron chi connectivity index (χ2n) is 4.27. The van der Waals surface area contributed by atoms with Crippen LogP contribution in [0, 0.1) is 0 Å². The molecule has 3 rings (SSSR count). The zero-order chi connectivity index (χ0) is 14.7. The minimum Gasteiger partial charge on any atom is -0.437 e. The van der Waals surface area contributed by atoms with Crippen LogP contribution in [-0.4, -0.2) is 20.2 Å². The molecule has 0 atom stereocenters. The van der Waals surface area contributed by atoms with Crippen LogP contribution < -0.4 is 16.0 Å². The van der Waals surface area contributed by atoms with Crippen molar-refractivity contribution < 1.29 is 4.74 Å². The number of rotatable bonds is 4. The Morgan fingerprint density at radius 2 is 2.14 bits per heavy atom.